The second kappa shape index (κ2) is 13.7. The lowest BCUT2D eigenvalue weighted by atomic mass is 10.1. The molecule has 0 bridgehead atoms. The second-order valence-corrected chi connectivity index (χ2v) is 12.2. The van der Waals surface area contributed by atoms with E-state index in [0.29, 0.717) is 17.3 Å². The summed E-state index contributed by atoms with van der Waals surface area (Å²) in [6, 6.07) is 18.9. The molecular formula is C30H36ClN3O5S. The summed E-state index contributed by atoms with van der Waals surface area (Å²) >= 11 is 6.07. The summed E-state index contributed by atoms with van der Waals surface area (Å²) in [5.41, 5.74) is 2.08. The number of carbonyl (C=O) groups excluding carboxylic acids is 2. The molecule has 2 amide bonds. The van der Waals surface area contributed by atoms with Crippen LogP contribution in [0.15, 0.2) is 77.7 Å². The van der Waals surface area contributed by atoms with Crippen molar-refractivity contribution in [2.75, 3.05) is 24.5 Å². The van der Waals surface area contributed by atoms with Gasteiger partial charge in [0.05, 0.1) is 17.7 Å². The summed E-state index contributed by atoms with van der Waals surface area (Å²) in [7, 11) is -2.69. The molecule has 3 aromatic rings. The zero-order chi connectivity index (χ0) is 29.4. The highest BCUT2D eigenvalue weighted by atomic mass is 35.5. The molecule has 0 unspecified atom stereocenters. The van der Waals surface area contributed by atoms with Crippen molar-refractivity contribution in [1.82, 2.24) is 10.2 Å². The topological polar surface area (TPSA) is 96.0 Å². The van der Waals surface area contributed by atoms with Crippen LogP contribution in [0.2, 0.25) is 5.02 Å². The normalized spacial score (nSPS) is 12.1. The first kappa shape index (κ1) is 31.0. The van der Waals surface area contributed by atoms with Gasteiger partial charge in [-0.25, -0.2) is 8.42 Å². The van der Waals surface area contributed by atoms with E-state index in [1.54, 1.807) is 43.3 Å². The third-order valence-corrected chi connectivity index (χ3v) is 8.53. The Kier molecular flexibility index (Phi) is 10.6. The smallest absolute Gasteiger partial charge is 0.264 e. The zero-order valence-electron chi connectivity index (χ0n) is 23.4. The molecule has 0 aliphatic carbocycles. The van der Waals surface area contributed by atoms with Crippen molar-refractivity contribution >= 4 is 39.1 Å². The van der Waals surface area contributed by atoms with E-state index in [-0.39, 0.29) is 29.0 Å². The van der Waals surface area contributed by atoms with E-state index in [0.717, 1.165) is 15.4 Å². The van der Waals surface area contributed by atoms with Crippen molar-refractivity contribution in [3.8, 4) is 5.75 Å². The van der Waals surface area contributed by atoms with E-state index in [4.69, 9.17) is 16.3 Å². The minimum absolute atomic E-state index is 0.00997. The highest BCUT2D eigenvalue weighted by molar-refractivity contribution is 7.92. The number of hydrogen-bond donors (Lipinski definition) is 1. The Balaban J connectivity index is 2.02. The SMILES string of the molecule is COc1ccc(S(=O)(=O)N(CC(=O)N(Cc2ccccc2C)[C@H](C)C(=O)NCC(C)C)c2ccc(Cl)cc2)cc1. The summed E-state index contributed by atoms with van der Waals surface area (Å²) in [5.74, 6) is -0.111. The van der Waals surface area contributed by atoms with E-state index in [2.05, 4.69) is 5.32 Å². The molecule has 214 valence electrons. The number of hydrogen-bond acceptors (Lipinski definition) is 5. The fourth-order valence-corrected chi connectivity index (χ4v) is 5.56. The van der Waals surface area contributed by atoms with Gasteiger partial charge in [-0.15, -0.1) is 0 Å². The average Bonchev–Trinajstić information content (AvgIpc) is 2.94. The largest absolute Gasteiger partial charge is 0.497 e. The second-order valence-electron chi connectivity index (χ2n) is 9.93. The molecule has 1 atom stereocenters. The van der Waals surface area contributed by atoms with Gasteiger partial charge in [0.2, 0.25) is 11.8 Å². The molecule has 0 radical (unpaired) electrons. The van der Waals surface area contributed by atoms with E-state index >= 15 is 0 Å². The van der Waals surface area contributed by atoms with Crippen LogP contribution in [-0.4, -0.2) is 51.4 Å². The van der Waals surface area contributed by atoms with Crippen LogP contribution in [0.4, 0.5) is 5.69 Å². The van der Waals surface area contributed by atoms with Crippen LogP contribution in [0.5, 0.6) is 5.75 Å². The van der Waals surface area contributed by atoms with Crippen molar-refractivity contribution < 1.29 is 22.7 Å². The highest BCUT2D eigenvalue weighted by Gasteiger charge is 2.32. The van der Waals surface area contributed by atoms with Crippen molar-refractivity contribution in [2.45, 2.75) is 45.2 Å². The summed E-state index contributed by atoms with van der Waals surface area (Å²) in [5, 5.41) is 3.31. The summed E-state index contributed by atoms with van der Waals surface area (Å²) in [6.45, 7) is 7.61. The van der Waals surface area contributed by atoms with E-state index in [9.17, 15) is 18.0 Å². The summed E-state index contributed by atoms with van der Waals surface area (Å²) in [6.07, 6.45) is 0. The molecule has 0 aliphatic heterocycles. The monoisotopic (exact) mass is 585 g/mol. The number of benzene rings is 3. The molecule has 0 aromatic heterocycles. The fourth-order valence-electron chi connectivity index (χ4n) is 4.02. The van der Waals surface area contributed by atoms with Crippen LogP contribution >= 0.6 is 11.6 Å². The number of amides is 2. The van der Waals surface area contributed by atoms with Gasteiger partial charge in [0.25, 0.3) is 10.0 Å². The van der Waals surface area contributed by atoms with Crippen molar-refractivity contribution in [2.24, 2.45) is 5.92 Å². The number of anilines is 1. The number of aryl methyl sites for hydroxylation is 1. The molecule has 3 aromatic carbocycles. The number of ether oxygens (including phenoxy) is 1. The molecule has 0 heterocycles. The Hall–Kier alpha value is -3.56. The Bertz CT molecular complexity index is 1410. The number of rotatable bonds is 12. The van der Waals surface area contributed by atoms with Crippen LogP contribution in [-0.2, 0) is 26.2 Å². The van der Waals surface area contributed by atoms with Gasteiger partial charge in [-0.05, 0) is 79.4 Å². The molecule has 10 heteroatoms. The maximum atomic E-state index is 14.0. The van der Waals surface area contributed by atoms with Crippen LogP contribution in [0.25, 0.3) is 0 Å². The summed E-state index contributed by atoms with van der Waals surface area (Å²) in [4.78, 5) is 28.5. The van der Waals surface area contributed by atoms with Gasteiger partial charge in [-0.2, -0.15) is 0 Å². The van der Waals surface area contributed by atoms with Crippen LogP contribution < -0.4 is 14.4 Å². The van der Waals surface area contributed by atoms with Gasteiger partial charge < -0.3 is 15.0 Å². The molecule has 0 saturated carbocycles. The van der Waals surface area contributed by atoms with Gasteiger partial charge in [0.15, 0.2) is 0 Å². The molecule has 8 nitrogen and oxygen atoms in total. The van der Waals surface area contributed by atoms with E-state index < -0.39 is 28.5 Å². The van der Waals surface area contributed by atoms with Crippen molar-refractivity contribution in [3.05, 3.63) is 88.9 Å². The van der Waals surface area contributed by atoms with Crippen molar-refractivity contribution in [3.63, 3.8) is 0 Å². The Morgan fingerprint density at radius 1 is 0.950 bits per heavy atom. The first-order valence-corrected chi connectivity index (χ1v) is 14.8. The maximum Gasteiger partial charge on any atom is 0.264 e. The minimum atomic E-state index is -4.18. The predicted molar refractivity (Wildman–Crippen MR) is 158 cm³/mol. The maximum absolute atomic E-state index is 14.0. The number of halogens is 1. The molecule has 1 N–H and O–H groups in total. The Morgan fingerprint density at radius 2 is 1.57 bits per heavy atom. The Labute approximate surface area is 241 Å². The highest BCUT2D eigenvalue weighted by Crippen LogP contribution is 2.27. The molecule has 40 heavy (non-hydrogen) atoms. The van der Waals surface area contributed by atoms with Gasteiger partial charge in [0.1, 0.15) is 18.3 Å². The predicted octanol–water partition coefficient (Wildman–Crippen LogP) is 5.04. The van der Waals surface area contributed by atoms with Gasteiger partial charge in [0, 0.05) is 18.1 Å². The standard InChI is InChI=1S/C30H36ClN3O5S/c1-21(2)18-32-30(36)23(4)33(19-24-9-7-6-8-22(24)3)29(35)20-34(26-12-10-25(31)11-13-26)40(37,38)28-16-14-27(39-5)15-17-28/h6-17,21,23H,18-20H2,1-5H3,(H,32,36)/t23-/m1/s1. The average molecular weight is 586 g/mol. The quantitative estimate of drug-likeness (QED) is 0.321. The molecule has 0 spiro atoms. The molecule has 3 rings (SSSR count). The third kappa shape index (κ3) is 7.76. The van der Waals surface area contributed by atoms with Gasteiger partial charge in [-0.3, -0.25) is 13.9 Å². The molecule has 0 aliphatic rings. The number of carbonyl (C=O) groups is 2. The Morgan fingerprint density at radius 3 is 2.15 bits per heavy atom. The van der Waals surface area contributed by atoms with E-state index in [1.807, 2.05) is 45.0 Å². The van der Waals surface area contributed by atoms with Crippen molar-refractivity contribution in [1.29, 1.82) is 0 Å². The first-order valence-electron chi connectivity index (χ1n) is 13.0. The lowest BCUT2D eigenvalue weighted by Gasteiger charge is -2.32. The van der Waals surface area contributed by atoms with Crippen LogP contribution in [0, 0.1) is 12.8 Å². The lowest BCUT2D eigenvalue weighted by molar-refractivity contribution is -0.139. The zero-order valence-corrected chi connectivity index (χ0v) is 25.0. The lowest BCUT2D eigenvalue weighted by Crippen LogP contribution is -2.51. The molecule has 0 fully saturated rings. The number of nitrogens with one attached hydrogen (secondary N) is 1. The summed E-state index contributed by atoms with van der Waals surface area (Å²) < 4.78 is 33.9. The minimum Gasteiger partial charge on any atom is -0.497 e. The van der Waals surface area contributed by atoms with Gasteiger partial charge >= 0.3 is 0 Å². The molecule has 0 saturated heterocycles. The van der Waals surface area contributed by atoms with Gasteiger partial charge in [-0.1, -0.05) is 49.7 Å². The van der Waals surface area contributed by atoms with E-state index in [1.165, 1.54) is 24.1 Å². The van der Waals surface area contributed by atoms with Crippen LogP contribution in [0.3, 0.4) is 0 Å². The first-order chi connectivity index (χ1) is 18.9. The van der Waals surface area contributed by atoms with Crippen LogP contribution in [0.1, 0.15) is 31.9 Å². The molecular weight excluding hydrogens is 550 g/mol. The number of sulfonamides is 1. The fraction of sp³-hybridized carbons (Fsp3) is 0.333. The number of nitrogens with zero attached hydrogens (tertiary/aromatic N) is 2. The third-order valence-electron chi connectivity index (χ3n) is 6.49. The number of methoxy groups -OCH3 is 1.